The van der Waals surface area contributed by atoms with E-state index in [-0.39, 0.29) is 0 Å². The van der Waals surface area contributed by atoms with Crippen LogP contribution in [0.15, 0.2) is 48.5 Å². The molecule has 0 fully saturated rings. The molecule has 0 heterocycles. The zero-order valence-electron chi connectivity index (χ0n) is 14.1. The Morgan fingerprint density at radius 2 is 1.74 bits per heavy atom. The maximum atomic E-state index is 12.0. The van der Waals surface area contributed by atoms with Crippen LogP contribution in [-0.2, 0) is 6.61 Å². The first-order valence-electron chi connectivity index (χ1n) is 7.56. The van der Waals surface area contributed by atoms with Crippen LogP contribution in [0.1, 0.15) is 31.9 Å². The highest BCUT2D eigenvalue weighted by atomic mass is 16.5. The van der Waals surface area contributed by atoms with Crippen molar-refractivity contribution in [3.8, 4) is 11.5 Å². The summed E-state index contributed by atoms with van der Waals surface area (Å²) in [5.41, 5.74) is 1.39. The van der Waals surface area contributed by atoms with Crippen LogP contribution in [0.25, 0.3) is 0 Å². The van der Waals surface area contributed by atoms with Gasteiger partial charge in [0, 0.05) is 26.3 Å². The summed E-state index contributed by atoms with van der Waals surface area (Å²) in [4.78, 5) is 0. The number of ether oxygens (including phenoxy) is 2. The molecule has 0 amide bonds. The second-order valence-electron chi connectivity index (χ2n) is 6.31. The SMILES string of the molecule is COc1cc(/C=[N+](/[O-])C(C)(C)C)ccc1OCc1ccccc1. The second-order valence-corrected chi connectivity index (χ2v) is 6.31. The van der Waals surface area contributed by atoms with Crippen LogP contribution in [0.4, 0.5) is 0 Å². The lowest BCUT2D eigenvalue weighted by molar-refractivity contribution is -0.530. The van der Waals surface area contributed by atoms with Crippen molar-refractivity contribution in [2.45, 2.75) is 32.9 Å². The van der Waals surface area contributed by atoms with E-state index in [4.69, 9.17) is 9.47 Å². The summed E-state index contributed by atoms with van der Waals surface area (Å²) in [5.74, 6) is 1.26. The van der Waals surface area contributed by atoms with E-state index in [1.54, 1.807) is 19.4 Å². The predicted molar refractivity (Wildman–Crippen MR) is 92.3 cm³/mol. The van der Waals surface area contributed by atoms with Crippen molar-refractivity contribution < 1.29 is 14.2 Å². The first-order chi connectivity index (χ1) is 10.9. The fraction of sp³-hybridized carbons (Fsp3) is 0.316. The molecule has 0 bridgehead atoms. The molecule has 0 unspecified atom stereocenters. The minimum Gasteiger partial charge on any atom is -0.623 e. The van der Waals surface area contributed by atoms with Crippen LogP contribution in [0.5, 0.6) is 11.5 Å². The third-order valence-electron chi connectivity index (χ3n) is 3.35. The van der Waals surface area contributed by atoms with Gasteiger partial charge in [-0.2, -0.15) is 0 Å². The highest BCUT2D eigenvalue weighted by Crippen LogP contribution is 2.28. The monoisotopic (exact) mass is 313 g/mol. The van der Waals surface area contributed by atoms with Crippen molar-refractivity contribution in [1.29, 1.82) is 0 Å². The van der Waals surface area contributed by atoms with E-state index in [9.17, 15) is 5.21 Å². The lowest BCUT2D eigenvalue weighted by Gasteiger charge is -2.18. The summed E-state index contributed by atoms with van der Waals surface area (Å²) in [7, 11) is 1.59. The number of hydrogen-bond acceptors (Lipinski definition) is 3. The minimum absolute atomic E-state index is 0.468. The molecular weight excluding hydrogens is 290 g/mol. The molecular formula is C19H23NO3. The first kappa shape index (κ1) is 16.9. The zero-order valence-corrected chi connectivity index (χ0v) is 14.1. The van der Waals surface area contributed by atoms with E-state index in [0.29, 0.717) is 18.1 Å². The second kappa shape index (κ2) is 7.18. The topological polar surface area (TPSA) is 44.5 Å². The van der Waals surface area contributed by atoms with Crippen LogP contribution < -0.4 is 9.47 Å². The van der Waals surface area contributed by atoms with Gasteiger partial charge in [0.25, 0.3) is 0 Å². The van der Waals surface area contributed by atoms with Gasteiger partial charge in [0.05, 0.1) is 7.11 Å². The fourth-order valence-electron chi connectivity index (χ4n) is 1.95. The van der Waals surface area contributed by atoms with Gasteiger partial charge in [-0.25, -0.2) is 4.74 Å². The summed E-state index contributed by atoms with van der Waals surface area (Å²) in [5, 5.41) is 12.0. The molecule has 0 radical (unpaired) electrons. The van der Waals surface area contributed by atoms with E-state index in [1.807, 2.05) is 63.2 Å². The molecule has 2 aromatic carbocycles. The van der Waals surface area contributed by atoms with Gasteiger partial charge in [-0.1, -0.05) is 30.3 Å². The lowest BCUT2D eigenvalue weighted by Crippen LogP contribution is -2.29. The summed E-state index contributed by atoms with van der Waals surface area (Å²) >= 11 is 0. The van der Waals surface area contributed by atoms with Gasteiger partial charge in [0.15, 0.2) is 23.3 Å². The molecule has 2 aromatic rings. The van der Waals surface area contributed by atoms with Gasteiger partial charge in [-0.3, -0.25) is 0 Å². The third-order valence-corrected chi connectivity index (χ3v) is 3.35. The van der Waals surface area contributed by atoms with Crippen molar-refractivity contribution in [2.75, 3.05) is 7.11 Å². The highest BCUT2D eigenvalue weighted by molar-refractivity contribution is 5.77. The first-order valence-corrected chi connectivity index (χ1v) is 7.56. The van der Waals surface area contributed by atoms with Crippen LogP contribution in [0, 0.1) is 5.21 Å². The van der Waals surface area contributed by atoms with Crippen molar-refractivity contribution in [1.82, 2.24) is 0 Å². The molecule has 0 aromatic heterocycles. The maximum absolute atomic E-state index is 12.0. The number of hydrogen-bond donors (Lipinski definition) is 0. The number of nitrogens with zero attached hydrogens (tertiary/aromatic N) is 1. The van der Waals surface area contributed by atoms with Gasteiger partial charge in [0.1, 0.15) is 6.61 Å². The Balaban J connectivity index is 2.17. The van der Waals surface area contributed by atoms with Gasteiger partial charge < -0.3 is 14.7 Å². The third kappa shape index (κ3) is 4.74. The Morgan fingerprint density at radius 1 is 1.04 bits per heavy atom. The van der Waals surface area contributed by atoms with E-state index >= 15 is 0 Å². The summed E-state index contributed by atoms with van der Waals surface area (Å²) in [6, 6.07) is 15.4. The van der Waals surface area contributed by atoms with Gasteiger partial charge in [-0.15, -0.1) is 0 Å². The Bertz CT molecular complexity index is 673. The fourth-order valence-corrected chi connectivity index (χ4v) is 1.95. The maximum Gasteiger partial charge on any atom is 0.182 e. The highest BCUT2D eigenvalue weighted by Gasteiger charge is 2.18. The summed E-state index contributed by atoms with van der Waals surface area (Å²) < 4.78 is 12.1. The predicted octanol–water partition coefficient (Wildman–Crippen LogP) is 4.00. The Hall–Kier alpha value is -2.49. The number of methoxy groups -OCH3 is 1. The van der Waals surface area contributed by atoms with E-state index in [1.165, 1.54) is 0 Å². The van der Waals surface area contributed by atoms with Gasteiger partial charge in [0.2, 0.25) is 0 Å². The molecule has 23 heavy (non-hydrogen) atoms. The molecule has 4 heteroatoms. The zero-order chi connectivity index (χ0) is 16.9. The van der Waals surface area contributed by atoms with Crippen molar-refractivity contribution >= 4 is 6.21 Å². The molecule has 2 rings (SSSR count). The summed E-state index contributed by atoms with van der Waals surface area (Å²) in [6.45, 7) is 6.07. The normalized spacial score (nSPS) is 12.1. The van der Waals surface area contributed by atoms with Crippen molar-refractivity contribution in [3.05, 3.63) is 64.9 Å². The molecule has 0 aliphatic heterocycles. The lowest BCUT2D eigenvalue weighted by atomic mass is 10.1. The molecule has 4 nitrogen and oxygen atoms in total. The molecule has 0 aliphatic rings. The molecule has 0 spiro atoms. The molecule has 0 saturated heterocycles. The Labute approximate surface area is 137 Å². The average molecular weight is 313 g/mol. The quantitative estimate of drug-likeness (QED) is 0.363. The molecule has 0 N–H and O–H groups in total. The largest absolute Gasteiger partial charge is 0.623 e. The summed E-state index contributed by atoms with van der Waals surface area (Å²) in [6.07, 6.45) is 1.56. The van der Waals surface area contributed by atoms with Crippen LogP contribution in [0.3, 0.4) is 0 Å². The molecule has 0 atom stereocenters. The van der Waals surface area contributed by atoms with E-state index < -0.39 is 5.54 Å². The smallest absolute Gasteiger partial charge is 0.182 e. The van der Waals surface area contributed by atoms with Crippen LogP contribution in [-0.4, -0.2) is 23.6 Å². The van der Waals surface area contributed by atoms with E-state index in [2.05, 4.69) is 0 Å². The van der Waals surface area contributed by atoms with Gasteiger partial charge >= 0.3 is 0 Å². The molecule has 0 aliphatic carbocycles. The van der Waals surface area contributed by atoms with Crippen LogP contribution >= 0.6 is 0 Å². The number of benzene rings is 2. The van der Waals surface area contributed by atoms with E-state index in [0.717, 1.165) is 15.9 Å². The minimum atomic E-state index is -0.476. The average Bonchev–Trinajstić information content (AvgIpc) is 2.53. The van der Waals surface area contributed by atoms with Crippen molar-refractivity contribution in [2.24, 2.45) is 0 Å². The van der Waals surface area contributed by atoms with Crippen LogP contribution in [0.2, 0.25) is 0 Å². The van der Waals surface area contributed by atoms with Crippen molar-refractivity contribution in [3.63, 3.8) is 0 Å². The Kier molecular flexibility index (Phi) is 5.27. The number of hydroxylamine groups is 1. The Morgan fingerprint density at radius 3 is 2.35 bits per heavy atom. The standard InChI is InChI=1S/C19H23NO3/c1-19(2,3)20(21)13-16-10-11-17(18(12-16)22-4)23-14-15-8-6-5-7-9-15/h5-13H,14H2,1-4H3/b20-13+. The molecule has 0 saturated carbocycles. The molecule has 122 valence electrons. The number of rotatable bonds is 5. The van der Waals surface area contributed by atoms with Gasteiger partial charge in [-0.05, 0) is 23.8 Å².